The Kier molecular flexibility index (Phi) is 10.9. The first-order chi connectivity index (χ1) is 16.5. The number of amides is 1. The van der Waals surface area contributed by atoms with Gasteiger partial charge in [-0.25, -0.2) is 0 Å². The molecule has 2 aromatic rings. The summed E-state index contributed by atoms with van der Waals surface area (Å²) in [6.07, 6.45) is 4.52. The Bertz CT molecular complexity index is 830. The third-order valence-electron chi connectivity index (χ3n) is 6.50. The van der Waals surface area contributed by atoms with Crippen LogP contribution in [0.4, 0.5) is 0 Å². The molecular weight excluding hydrogens is 422 g/mol. The Balaban J connectivity index is 1.23. The fraction of sp³-hybridized carbons (Fsp3) is 0.552. The Labute approximate surface area is 206 Å². The second kappa shape index (κ2) is 14.1. The molecule has 186 valence electrons. The van der Waals surface area contributed by atoms with Gasteiger partial charge in [-0.05, 0) is 75.3 Å². The number of nitrogens with one attached hydrogen (secondary N) is 1. The number of ether oxygens (including phenoxy) is 1. The van der Waals surface area contributed by atoms with Gasteiger partial charge in [0, 0.05) is 32.2 Å². The second-order valence-electron chi connectivity index (χ2n) is 9.91. The minimum atomic E-state index is 0.139. The zero-order valence-electron chi connectivity index (χ0n) is 21.3. The molecule has 34 heavy (non-hydrogen) atoms. The zero-order valence-corrected chi connectivity index (χ0v) is 21.3. The van der Waals surface area contributed by atoms with Crippen LogP contribution >= 0.6 is 0 Å². The maximum absolute atomic E-state index is 11.9. The monoisotopic (exact) mass is 465 g/mol. The number of benzene rings is 2. The fourth-order valence-electron chi connectivity index (χ4n) is 4.52. The summed E-state index contributed by atoms with van der Waals surface area (Å²) in [7, 11) is 0. The molecule has 0 aromatic heterocycles. The minimum Gasteiger partial charge on any atom is -0.494 e. The molecule has 2 aromatic carbocycles. The van der Waals surface area contributed by atoms with Gasteiger partial charge in [-0.2, -0.15) is 0 Å². The highest BCUT2D eigenvalue weighted by molar-refractivity contribution is 5.78. The Morgan fingerprint density at radius 1 is 0.882 bits per heavy atom. The molecule has 5 nitrogen and oxygen atoms in total. The van der Waals surface area contributed by atoms with Gasteiger partial charge in [0.25, 0.3) is 0 Å². The highest BCUT2D eigenvalue weighted by atomic mass is 16.5. The van der Waals surface area contributed by atoms with E-state index >= 15 is 0 Å². The van der Waals surface area contributed by atoms with Crippen LogP contribution in [0.25, 0.3) is 0 Å². The van der Waals surface area contributed by atoms with Crippen LogP contribution in [0.2, 0.25) is 0 Å². The first-order valence-corrected chi connectivity index (χ1v) is 13.0. The van der Waals surface area contributed by atoms with E-state index in [1.54, 1.807) is 0 Å². The molecule has 3 rings (SSSR count). The molecule has 0 bridgehead atoms. The minimum absolute atomic E-state index is 0.139. The van der Waals surface area contributed by atoms with Crippen molar-refractivity contribution in [1.82, 2.24) is 15.1 Å². The highest BCUT2D eigenvalue weighted by Gasteiger charge is 2.18. The van der Waals surface area contributed by atoms with E-state index in [0.717, 1.165) is 57.9 Å². The van der Waals surface area contributed by atoms with Crippen LogP contribution in [0.5, 0.6) is 5.75 Å². The van der Waals surface area contributed by atoms with Gasteiger partial charge in [0.15, 0.2) is 0 Å². The van der Waals surface area contributed by atoms with Crippen molar-refractivity contribution < 1.29 is 9.53 Å². The predicted octanol–water partition coefficient (Wildman–Crippen LogP) is 4.72. The largest absolute Gasteiger partial charge is 0.494 e. The fourth-order valence-corrected chi connectivity index (χ4v) is 4.52. The summed E-state index contributed by atoms with van der Waals surface area (Å²) in [5.74, 6) is 1.62. The number of hydrogen-bond acceptors (Lipinski definition) is 4. The van der Waals surface area contributed by atoms with Crippen molar-refractivity contribution >= 4 is 5.91 Å². The topological polar surface area (TPSA) is 44.8 Å². The molecule has 1 N–H and O–H groups in total. The van der Waals surface area contributed by atoms with Gasteiger partial charge in [-0.3, -0.25) is 9.69 Å². The van der Waals surface area contributed by atoms with Crippen molar-refractivity contribution in [2.45, 2.75) is 58.4 Å². The Morgan fingerprint density at radius 3 is 2.24 bits per heavy atom. The molecule has 0 radical (unpaired) electrons. The summed E-state index contributed by atoms with van der Waals surface area (Å²) in [4.78, 5) is 16.7. The van der Waals surface area contributed by atoms with Gasteiger partial charge in [-0.1, -0.05) is 49.4 Å². The molecule has 1 aliphatic rings. The van der Waals surface area contributed by atoms with Gasteiger partial charge < -0.3 is 15.0 Å². The molecule has 1 aliphatic heterocycles. The zero-order chi connectivity index (χ0) is 24.2. The molecule has 1 saturated heterocycles. The summed E-state index contributed by atoms with van der Waals surface area (Å²) >= 11 is 0. The maximum Gasteiger partial charge on any atom is 0.234 e. The summed E-state index contributed by atoms with van der Waals surface area (Å²) in [5.41, 5.74) is 2.74. The number of nitrogens with zero attached hydrogens (tertiary/aromatic N) is 2. The quantitative estimate of drug-likeness (QED) is 0.435. The molecule has 0 spiro atoms. The van der Waals surface area contributed by atoms with Crippen molar-refractivity contribution in [1.29, 1.82) is 0 Å². The van der Waals surface area contributed by atoms with Crippen LogP contribution in [0, 0.1) is 0 Å². The van der Waals surface area contributed by atoms with Crippen LogP contribution in [-0.4, -0.2) is 67.6 Å². The molecule has 5 heteroatoms. The van der Waals surface area contributed by atoms with Crippen molar-refractivity contribution in [2.75, 3.05) is 45.9 Å². The summed E-state index contributed by atoms with van der Waals surface area (Å²) < 4.78 is 5.96. The van der Waals surface area contributed by atoms with Crippen LogP contribution in [0.3, 0.4) is 0 Å². The van der Waals surface area contributed by atoms with Gasteiger partial charge in [-0.15, -0.1) is 0 Å². The van der Waals surface area contributed by atoms with Gasteiger partial charge in [0.1, 0.15) is 5.75 Å². The van der Waals surface area contributed by atoms with Crippen molar-refractivity contribution in [3.63, 3.8) is 0 Å². The summed E-state index contributed by atoms with van der Waals surface area (Å²) in [5, 5.41) is 2.98. The van der Waals surface area contributed by atoms with Crippen LogP contribution in [0.15, 0.2) is 54.6 Å². The summed E-state index contributed by atoms with van der Waals surface area (Å²) in [6.45, 7) is 12.8. The van der Waals surface area contributed by atoms with E-state index < -0.39 is 0 Å². The number of carbonyl (C=O) groups is 1. The molecule has 1 amide bonds. The molecule has 0 saturated carbocycles. The van der Waals surface area contributed by atoms with Crippen molar-refractivity contribution in [2.24, 2.45) is 0 Å². The standard InChI is InChI=1S/C29H43N3O2/c1-24(2)30-29(33)23-32-19-17-31(18-20-32)16-8-5-9-21-34-28-14-12-26(13-15-28)22-25(3)27-10-6-4-7-11-27/h4,6-7,10-15,24-25H,5,8-9,16-23H2,1-3H3,(H,30,33). The lowest BCUT2D eigenvalue weighted by molar-refractivity contribution is -0.123. The van der Waals surface area contributed by atoms with Gasteiger partial charge >= 0.3 is 0 Å². The van der Waals surface area contributed by atoms with E-state index in [1.165, 1.54) is 24.0 Å². The van der Waals surface area contributed by atoms with E-state index in [0.29, 0.717) is 12.5 Å². The molecule has 1 fully saturated rings. The van der Waals surface area contributed by atoms with E-state index in [4.69, 9.17) is 4.74 Å². The number of carbonyl (C=O) groups excluding carboxylic acids is 1. The predicted molar refractivity (Wildman–Crippen MR) is 141 cm³/mol. The lowest BCUT2D eigenvalue weighted by atomic mass is 9.94. The Morgan fingerprint density at radius 2 is 1.56 bits per heavy atom. The number of hydrogen-bond donors (Lipinski definition) is 1. The van der Waals surface area contributed by atoms with Crippen LogP contribution in [0.1, 0.15) is 57.1 Å². The second-order valence-corrected chi connectivity index (χ2v) is 9.91. The SMILES string of the molecule is CC(C)NC(=O)CN1CCN(CCCCCOc2ccc(CC(C)c3ccccc3)cc2)CC1. The van der Waals surface area contributed by atoms with E-state index in [9.17, 15) is 4.79 Å². The summed E-state index contributed by atoms with van der Waals surface area (Å²) in [6, 6.07) is 19.5. The first kappa shape index (κ1) is 26.2. The van der Waals surface area contributed by atoms with Crippen molar-refractivity contribution in [3.8, 4) is 5.75 Å². The third-order valence-corrected chi connectivity index (χ3v) is 6.50. The molecule has 1 heterocycles. The average Bonchev–Trinajstić information content (AvgIpc) is 2.83. The normalized spacial score (nSPS) is 15.9. The van der Waals surface area contributed by atoms with E-state index in [2.05, 4.69) is 76.6 Å². The lowest BCUT2D eigenvalue weighted by Crippen LogP contribution is -2.50. The maximum atomic E-state index is 11.9. The average molecular weight is 466 g/mol. The highest BCUT2D eigenvalue weighted by Crippen LogP contribution is 2.22. The third kappa shape index (κ3) is 9.47. The van der Waals surface area contributed by atoms with Crippen molar-refractivity contribution in [3.05, 3.63) is 65.7 Å². The van der Waals surface area contributed by atoms with Gasteiger partial charge in [0.2, 0.25) is 5.91 Å². The molecule has 1 unspecified atom stereocenters. The van der Waals surface area contributed by atoms with Crippen LogP contribution < -0.4 is 10.1 Å². The van der Waals surface area contributed by atoms with Crippen LogP contribution in [-0.2, 0) is 11.2 Å². The number of piperazine rings is 1. The Hall–Kier alpha value is -2.37. The van der Waals surface area contributed by atoms with Gasteiger partial charge in [0.05, 0.1) is 13.2 Å². The number of unbranched alkanes of at least 4 members (excludes halogenated alkanes) is 2. The smallest absolute Gasteiger partial charge is 0.234 e. The first-order valence-electron chi connectivity index (χ1n) is 13.0. The molecular formula is C29H43N3O2. The molecule has 0 aliphatic carbocycles. The number of rotatable bonds is 13. The lowest BCUT2D eigenvalue weighted by Gasteiger charge is -2.34. The van der Waals surface area contributed by atoms with E-state index in [1.807, 2.05) is 13.8 Å². The van der Waals surface area contributed by atoms with E-state index in [-0.39, 0.29) is 11.9 Å². The molecule has 1 atom stereocenters.